The molecule has 2 unspecified atom stereocenters. The molecule has 2 atom stereocenters. The zero-order valence-electron chi connectivity index (χ0n) is 9.78. The molecule has 1 fully saturated rings. The van der Waals surface area contributed by atoms with Gasteiger partial charge in [0, 0.05) is 5.70 Å². The number of allylic oxidation sites excluding steroid dienone is 2. The lowest BCUT2D eigenvalue weighted by atomic mass is 10.1. The summed E-state index contributed by atoms with van der Waals surface area (Å²) in [5, 5.41) is 8.98. The second-order valence-electron chi connectivity index (χ2n) is 4.61. The first-order chi connectivity index (χ1) is 7.41. The lowest BCUT2D eigenvalue weighted by Gasteiger charge is -2.04. The van der Waals surface area contributed by atoms with Crippen LogP contribution in [0.2, 0.25) is 0 Å². The van der Waals surface area contributed by atoms with E-state index in [1.165, 1.54) is 0 Å². The van der Waals surface area contributed by atoms with Gasteiger partial charge in [-0.1, -0.05) is 25.8 Å². The van der Waals surface area contributed by atoms with Crippen molar-refractivity contribution in [2.24, 2.45) is 17.3 Å². The predicted octanol–water partition coefficient (Wildman–Crippen LogP) is 1.40. The highest BCUT2D eigenvalue weighted by Gasteiger charge is 2.60. The maximum absolute atomic E-state index is 10.9. The van der Waals surface area contributed by atoms with E-state index in [4.69, 9.17) is 16.4 Å². The first-order valence-electron chi connectivity index (χ1n) is 5.13. The molecule has 0 aliphatic heterocycles. The minimum absolute atomic E-state index is 0.0481. The van der Waals surface area contributed by atoms with Crippen LogP contribution in [0.25, 0.3) is 0 Å². The molecule has 1 saturated carbocycles. The Hall–Kier alpha value is -1.47. The number of nitrogens with one attached hydrogen (secondary N) is 1. The van der Waals surface area contributed by atoms with Crippen LogP contribution in [-0.2, 0) is 9.63 Å². The van der Waals surface area contributed by atoms with Crippen molar-refractivity contribution in [3.8, 4) is 12.3 Å². The highest BCUT2D eigenvalue weighted by atomic mass is 16.6. The monoisotopic (exact) mass is 223 g/mol. The summed E-state index contributed by atoms with van der Waals surface area (Å²) < 4.78 is 0. The number of aliphatic carboxylic acids is 1. The maximum Gasteiger partial charge on any atom is 0.307 e. The van der Waals surface area contributed by atoms with Gasteiger partial charge in [0.25, 0.3) is 0 Å². The van der Waals surface area contributed by atoms with Crippen LogP contribution < -0.4 is 5.48 Å². The van der Waals surface area contributed by atoms with Crippen LogP contribution in [0, 0.1) is 29.6 Å². The van der Waals surface area contributed by atoms with Crippen LogP contribution in [0.3, 0.4) is 0 Å². The Balaban J connectivity index is 2.52. The van der Waals surface area contributed by atoms with Gasteiger partial charge in [-0.3, -0.25) is 15.1 Å². The summed E-state index contributed by atoms with van der Waals surface area (Å²) in [5.74, 6) is 1.32. The van der Waals surface area contributed by atoms with Gasteiger partial charge in [0.15, 0.2) is 0 Å². The first-order valence-corrected chi connectivity index (χ1v) is 5.13. The zero-order chi connectivity index (χ0) is 12.3. The summed E-state index contributed by atoms with van der Waals surface area (Å²) in [6.45, 7) is 5.90. The van der Waals surface area contributed by atoms with E-state index >= 15 is 0 Å². The maximum atomic E-state index is 10.9. The van der Waals surface area contributed by atoms with Gasteiger partial charge < -0.3 is 5.11 Å². The molecule has 0 heterocycles. The number of rotatable bonds is 5. The fourth-order valence-electron chi connectivity index (χ4n) is 1.96. The van der Waals surface area contributed by atoms with Crippen LogP contribution in [-0.4, -0.2) is 17.7 Å². The smallest absolute Gasteiger partial charge is 0.307 e. The molecule has 0 spiro atoms. The Labute approximate surface area is 95.6 Å². The molecule has 0 radical (unpaired) electrons. The topological polar surface area (TPSA) is 58.6 Å². The Morgan fingerprint density at radius 1 is 1.69 bits per heavy atom. The van der Waals surface area contributed by atoms with Crippen molar-refractivity contribution in [1.29, 1.82) is 0 Å². The molecular formula is C12H17NO3. The number of hydrogen-bond acceptors (Lipinski definition) is 3. The first kappa shape index (κ1) is 12.6. The van der Waals surface area contributed by atoms with Crippen LogP contribution in [0.1, 0.15) is 20.8 Å². The van der Waals surface area contributed by atoms with Crippen molar-refractivity contribution in [2.75, 3.05) is 6.61 Å². The van der Waals surface area contributed by atoms with Crippen LogP contribution in [0.5, 0.6) is 0 Å². The molecular weight excluding hydrogens is 206 g/mol. The van der Waals surface area contributed by atoms with Crippen molar-refractivity contribution in [2.45, 2.75) is 20.8 Å². The normalized spacial score (nSPS) is 27.0. The Bertz CT molecular complexity index is 352. The number of terminal acetylenes is 1. The number of hydroxylamine groups is 1. The van der Waals surface area contributed by atoms with Crippen molar-refractivity contribution in [1.82, 2.24) is 5.48 Å². The fourth-order valence-corrected chi connectivity index (χ4v) is 1.96. The zero-order valence-corrected chi connectivity index (χ0v) is 9.78. The van der Waals surface area contributed by atoms with E-state index in [0.29, 0.717) is 0 Å². The van der Waals surface area contributed by atoms with E-state index in [9.17, 15) is 4.79 Å². The summed E-state index contributed by atoms with van der Waals surface area (Å²) in [6.07, 6.45) is 6.91. The number of carbonyl (C=O) groups is 1. The van der Waals surface area contributed by atoms with Crippen molar-refractivity contribution >= 4 is 5.97 Å². The van der Waals surface area contributed by atoms with E-state index in [1.807, 2.05) is 26.8 Å². The number of carboxylic acid groups (broad SMARTS) is 1. The fraction of sp³-hybridized carbons (Fsp3) is 0.583. The number of hydrogen-bond donors (Lipinski definition) is 2. The SMILES string of the molecule is C#CCONC(C)=CC1C(C(=O)O)C1(C)C. The molecule has 4 nitrogen and oxygen atoms in total. The molecule has 0 aromatic rings. The van der Waals surface area contributed by atoms with Gasteiger partial charge in [0.2, 0.25) is 0 Å². The average molecular weight is 223 g/mol. The van der Waals surface area contributed by atoms with Gasteiger partial charge in [-0.05, 0) is 18.3 Å². The molecule has 4 heteroatoms. The summed E-state index contributed by atoms with van der Waals surface area (Å²) in [6, 6.07) is 0. The van der Waals surface area contributed by atoms with E-state index in [1.54, 1.807) is 0 Å². The van der Waals surface area contributed by atoms with Crippen LogP contribution >= 0.6 is 0 Å². The van der Waals surface area contributed by atoms with Gasteiger partial charge in [-0.25, -0.2) is 0 Å². The van der Waals surface area contributed by atoms with Crippen LogP contribution in [0.4, 0.5) is 0 Å². The molecule has 1 rings (SSSR count). The minimum atomic E-state index is -0.747. The Morgan fingerprint density at radius 2 is 2.31 bits per heavy atom. The standard InChI is InChI=1S/C12H17NO3/c1-5-6-16-13-8(2)7-9-10(11(14)15)12(9,3)4/h1,7,9-10,13H,6H2,2-4H3,(H,14,15). The van der Waals surface area contributed by atoms with Gasteiger partial charge in [-0.2, -0.15) is 0 Å². The second-order valence-corrected chi connectivity index (χ2v) is 4.61. The summed E-state index contributed by atoms with van der Waals surface area (Å²) >= 11 is 0. The Morgan fingerprint density at radius 3 is 2.75 bits per heavy atom. The van der Waals surface area contributed by atoms with Gasteiger partial charge in [-0.15, -0.1) is 6.42 Å². The lowest BCUT2D eigenvalue weighted by molar-refractivity contribution is -0.139. The molecule has 1 aliphatic rings. The third-order valence-electron chi connectivity index (χ3n) is 2.99. The third-order valence-corrected chi connectivity index (χ3v) is 2.99. The predicted molar refractivity (Wildman–Crippen MR) is 60.1 cm³/mol. The van der Waals surface area contributed by atoms with E-state index in [0.717, 1.165) is 5.70 Å². The third kappa shape index (κ3) is 2.56. The molecule has 16 heavy (non-hydrogen) atoms. The molecule has 0 aromatic carbocycles. The largest absolute Gasteiger partial charge is 0.481 e. The van der Waals surface area contributed by atoms with E-state index in [2.05, 4.69) is 11.4 Å². The van der Waals surface area contributed by atoms with E-state index in [-0.39, 0.29) is 23.9 Å². The second kappa shape index (κ2) is 4.58. The molecule has 0 amide bonds. The average Bonchev–Trinajstić information content (AvgIpc) is 2.68. The summed E-state index contributed by atoms with van der Waals surface area (Å²) in [7, 11) is 0. The van der Waals surface area contributed by atoms with Gasteiger partial charge in [0.1, 0.15) is 6.61 Å². The molecule has 0 bridgehead atoms. The van der Waals surface area contributed by atoms with Crippen molar-refractivity contribution in [3.05, 3.63) is 11.8 Å². The lowest BCUT2D eigenvalue weighted by Crippen LogP contribution is -2.12. The van der Waals surface area contributed by atoms with Gasteiger partial charge >= 0.3 is 5.97 Å². The summed E-state index contributed by atoms with van der Waals surface area (Å²) in [4.78, 5) is 15.9. The van der Waals surface area contributed by atoms with Crippen molar-refractivity contribution < 1.29 is 14.7 Å². The molecule has 0 aromatic heterocycles. The molecule has 0 saturated heterocycles. The highest BCUT2D eigenvalue weighted by Crippen LogP contribution is 2.59. The van der Waals surface area contributed by atoms with E-state index < -0.39 is 5.97 Å². The highest BCUT2D eigenvalue weighted by molar-refractivity contribution is 5.76. The van der Waals surface area contributed by atoms with Crippen LogP contribution in [0.15, 0.2) is 11.8 Å². The van der Waals surface area contributed by atoms with Crippen molar-refractivity contribution in [3.63, 3.8) is 0 Å². The Kier molecular flexibility index (Phi) is 3.61. The van der Waals surface area contributed by atoms with Gasteiger partial charge in [0.05, 0.1) is 5.92 Å². The molecule has 88 valence electrons. The number of carboxylic acids is 1. The molecule has 2 N–H and O–H groups in total. The minimum Gasteiger partial charge on any atom is -0.481 e. The molecule has 1 aliphatic carbocycles. The quantitative estimate of drug-likeness (QED) is 0.420. The summed E-state index contributed by atoms with van der Waals surface area (Å²) in [5.41, 5.74) is 3.29.